The highest BCUT2D eigenvalue weighted by molar-refractivity contribution is 7.15. The van der Waals surface area contributed by atoms with Gasteiger partial charge in [0.25, 0.3) is 5.56 Å². The van der Waals surface area contributed by atoms with E-state index in [2.05, 4.69) is 47.2 Å². The molecule has 0 unspecified atom stereocenters. The van der Waals surface area contributed by atoms with Crippen molar-refractivity contribution < 1.29 is 0 Å². The Morgan fingerprint density at radius 1 is 1.04 bits per heavy atom. The van der Waals surface area contributed by atoms with Gasteiger partial charge < -0.3 is 4.90 Å². The maximum Gasteiger partial charge on any atom is 0.274 e. The predicted molar refractivity (Wildman–Crippen MR) is 113 cm³/mol. The summed E-state index contributed by atoms with van der Waals surface area (Å²) in [6.07, 6.45) is 8.15. The van der Waals surface area contributed by atoms with E-state index in [0.717, 1.165) is 28.2 Å². The molecule has 27 heavy (non-hydrogen) atoms. The molecule has 2 aromatic carbocycles. The second kappa shape index (κ2) is 6.21. The molecular weight excluding hydrogens is 354 g/mol. The highest BCUT2D eigenvalue weighted by Gasteiger charge is 2.15. The Morgan fingerprint density at radius 2 is 1.85 bits per heavy atom. The standard InChI is InChI=1S/C22H17N3OS/c1-2-24-16(12-11-15-7-3-5-9-18(15)24)13-14-20-21(26)25-19-10-6-4-8-17(19)23-22(25)27-20/h3-14H,2H2,1H3/b16-13+,20-14?. The maximum atomic E-state index is 12.9. The van der Waals surface area contributed by atoms with Crippen LogP contribution in [0.4, 0.5) is 5.69 Å². The molecular formula is C22H17N3OS. The Kier molecular flexibility index (Phi) is 3.69. The summed E-state index contributed by atoms with van der Waals surface area (Å²) in [5.41, 5.74) is 5.19. The molecule has 5 rings (SSSR count). The lowest BCUT2D eigenvalue weighted by Crippen LogP contribution is -2.24. The number of hydrogen-bond donors (Lipinski definition) is 0. The lowest BCUT2D eigenvalue weighted by atomic mass is 10.1. The van der Waals surface area contributed by atoms with Gasteiger partial charge in [-0.05, 0) is 48.9 Å². The van der Waals surface area contributed by atoms with Crippen molar-refractivity contribution in [2.45, 2.75) is 6.92 Å². The van der Waals surface area contributed by atoms with E-state index in [1.165, 1.54) is 22.6 Å². The van der Waals surface area contributed by atoms with Gasteiger partial charge in [-0.1, -0.05) is 47.7 Å². The van der Waals surface area contributed by atoms with Gasteiger partial charge in [-0.3, -0.25) is 4.79 Å². The zero-order valence-electron chi connectivity index (χ0n) is 14.8. The summed E-state index contributed by atoms with van der Waals surface area (Å²) >= 11 is 1.43. The van der Waals surface area contributed by atoms with Crippen LogP contribution in [0.3, 0.4) is 0 Å². The van der Waals surface area contributed by atoms with Gasteiger partial charge in [0.2, 0.25) is 0 Å². The van der Waals surface area contributed by atoms with E-state index in [1.54, 1.807) is 4.40 Å². The van der Waals surface area contributed by atoms with Gasteiger partial charge in [-0.25, -0.2) is 9.38 Å². The third-order valence-electron chi connectivity index (χ3n) is 4.84. The van der Waals surface area contributed by atoms with Crippen molar-refractivity contribution >= 4 is 45.2 Å². The van der Waals surface area contributed by atoms with Crippen LogP contribution in [0.15, 0.2) is 71.2 Å². The summed E-state index contributed by atoms with van der Waals surface area (Å²) in [4.78, 5) is 20.4. The predicted octanol–water partition coefficient (Wildman–Crippen LogP) is 3.85. The smallest absolute Gasteiger partial charge is 0.274 e. The van der Waals surface area contributed by atoms with Crippen molar-refractivity contribution in [3.8, 4) is 0 Å². The first-order valence-electron chi connectivity index (χ1n) is 8.93. The van der Waals surface area contributed by atoms with Crippen LogP contribution in [-0.4, -0.2) is 15.9 Å². The van der Waals surface area contributed by atoms with Gasteiger partial charge in [-0.15, -0.1) is 0 Å². The molecule has 0 amide bonds. The molecule has 0 radical (unpaired) electrons. The molecule has 0 saturated carbocycles. The van der Waals surface area contributed by atoms with Crippen LogP contribution < -0.4 is 15.0 Å². The number of rotatable bonds is 2. The Hall–Kier alpha value is -3.18. The molecule has 132 valence electrons. The number of nitrogens with zero attached hydrogens (tertiary/aromatic N) is 3. The van der Waals surface area contributed by atoms with E-state index in [-0.39, 0.29) is 5.56 Å². The second-order valence-electron chi connectivity index (χ2n) is 6.38. The van der Waals surface area contributed by atoms with Crippen LogP contribution in [0.5, 0.6) is 0 Å². The molecule has 0 spiro atoms. The summed E-state index contributed by atoms with van der Waals surface area (Å²) < 4.78 is 2.40. The maximum absolute atomic E-state index is 12.9. The number of aromatic nitrogens is 2. The molecule has 0 N–H and O–H groups in total. The van der Waals surface area contributed by atoms with Crippen molar-refractivity contribution in [3.63, 3.8) is 0 Å². The zero-order chi connectivity index (χ0) is 18.4. The summed E-state index contributed by atoms with van der Waals surface area (Å²) in [7, 11) is 0. The third kappa shape index (κ3) is 2.51. The van der Waals surface area contributed by atoms with Crippen molar-refractivity contribution in [1.29, 1.82) is 0 Å². The van der Waals surface area contributed by atoms with E-state index in [1.807, 2.05) is 42.5 Å². The van der Waals surface area contributed by atoms with Crippen LogP contribution in [-0.2, 0) is 0 Å². The minimum atomic E-state index is -0.0104. The molecule has 2 aromatic heterocycles. The number of benzene rings is 2. The van der Waals surface area contributed by atoms with Gasteiger partial charge >= 0.3 is 0 Å². The minimum absolute atomic E-state index is 0.0104. The van der Waals surface area contributed by atoms with Gasteiger partial charge in [0.1, 0.15) is 0 Å². The number of thiazole rings is 1. The summed E-state index contributed by atoms with van der Waals surface area (Å²) in [5, 5.41) is 0. The summed E-state index contributed by atoms with van der Waals surface area (Å²) in [6, 6.07) is 16.1. The van der Waals surface area contributed by atoms with E-state index in [4.69, 9.17) is 0 Å². The van der Waals surface area contributed by atoms with Gasteiger partial charge in [-0.2, -0.15) is 0 Å². The number of para-hydroxylation sites is 3. The van der Waals surface area contributed by atoms with E-state index < -0.39 is 0 Å². The van der Waals surface area contributed by atoms with Gasteiger partial charge in [0.15, 0.2) is 4.96 Å². The molecule has 4 aromatic rings. The number of anilines is 1. The Morgan fingerprint density at radius 3 is 2.74 bits per heavy atom. The van der Waals surface area contributed by atoms with Crippen molar-refractivity contribution in [3.05, 3.63) is 86.8 Å². The molecule has 0 bridgehead atoms. The van der Waals surface area contributed by atoms with Crippen LogP contribution >= 0.6 is 11.3 Å². The van der Waals surface area contributed by atoms with Crippen molar-refractivity contribution in [2.24, 2.45) is 0 Å². The third-order valence-corrected chi connectivity index (χ3v) is 5.83. The van der Waals surface area contributed by atoms with Crippen molar-refractivity contribution in [2.75, 3.05) is 11.4 Å². The fourth-order valence-electron chi connectivity index (χ4n) is 3.56. The lowest BCUT2D eigenvalue weighted by Gasteiger charge is -2.29. The summed E-state index contributed by atoms with van der Waals surface area (Å²) in [5.74, 6) is 0. The zero-order valence-corrected chi connectivity index (χ0v) is 15.6. The Balaban J connectivity index is 1.63. The van der Waals surface area contributed by atoms with Crippen LogP contribution in [0, 0.1) is 0 Å². The first-order chi connectivity index (χ1) is 13.3. The number of allylic oxidation sites excluding steroid dienone is 2. The van der Waals surface area contributed by atoms with Crippen LogP contribution in [0.25, 0.3) is 28.1 Å². The highest BCUT2D eigenvalue weighted by atomic mass is 32.1. The summed E-state index contributed by atoms with van der Waals surface area (Å²) in [6.45, 7) is 3.00. The molecule has 1 aliphatic rings. The number of imidazole rings is 1. The topological polar surface area (TPSA) is 37.6 Å². The largest absolute Gasteiger partial charge is 0.341 e. The number of likely N-dealkylation sites (N-methyl/N-ethyl adjacent to an activating group) is 1. The quantitative estimate of drug-likeness (QED) is 0.537. The molecule has 0 saturated heterocycles. The van der Waals surface area contributed by atoms with Gasteiger partial charge in [0, 0.05) is 17.9 Å². The molecule has 4 nitrogen and oxygen atoms in total. The van der Waals surface area contributed by atoms with Crippen molar-refractivity contribution in [1.82, 2.24) is 9.38 Å². The number of fused-ring (bicyclic) bond motifs is 4. The fraction of sp³-hybridized carbons (Fsp3) is 0.0909. The first-order valence-corrected chi connectivity index (χ1v) is 9.74. The average molecular weight is 371 g/mol. The SMILES string of the molecule is CCN1/C(=C/C=c2sc3nc4ccccc4n3c2=O)C=Cc2ccccc21. The monoisotopic (exact) mass is 371 g/mol. The molecule has 5 heteroatoms. The molecule has 0 aliphatic carbocycles. The average Bonchev–Trinajstić information content (AvgIpc) is 3.22. The van der Waals surface area contributed by atoms with E-state index in [9.17, 15) is 4.79 Å². The van der Waals surface area contributed by atoms with Gasteiger partial charge in [0.05, 0.1) is 15.6 Å². The van der Waals surface area contributed by atoms with Crippen LogP contribution in [0.1, 0.15) is 12.5 Å². The van der Waals surface area contributed by atoms with Crippen LogP contribution in [0.2, 0.25) is 0 Å². The van der Waals surface area contributed by atoms with E-state index in [0.29, 0.717) is 4.53 Å². The molecule has 0 fully saturated rings. The molecule has 1 aliphatic heterocycles. The highest BCUT2D eigenvalue weighted by Crippen LogP contribution is 2.30. The minimum Gasteiger partial charge on any atom is -0.341 e. The van der Waals surface area contributed by atoms with E-state index >= 15 is 0 Å². The Labute approximate surface area is 160 Å². The number of hydrogen-bond acceptors (Lipinski definition) is 4. The normalized spacial score (nSPS) is 16.0. The Bertz CT molecular complexity index is 1340. The molecule has 0 atom stereocenters. The molecule has 3 heterocycles. The second-order valence-corrected chi connectivity index (χ2v) is 7.39. The lowest BCUT2D eigenvalue weighted by molar-refractivity contribution is 0.972. The fourth-order valence-corrected chi connectivity index (χ4v) is 4.49. The first kappa shape index (κ1) is 16.0.